The molecule has 1 heterocycles. The van der Waals surface area contributed by atoms with E-state index in [9.17, 15) is 4.79 Å². The Balaban J connectivity index is 2.20. The van der Waals surface area contributed by atoms with Gasteiger partial charge >= 0.3 is 0 Å². The van der Waals surface area contributed by atoms with Crippen LogP contribution in [0.5, 0.6) is 0 Å². The lowest BCUT2D eigenvalue weighted by Gasteiger charge is -2.25. The maximum atomic E-state index is 11.7. The Morgan fingerprint density at radius 1 is 1.47 bits per heavy atom. The molecule has 0 atom stereocenters. The van der Waals surface area contributed by atoms with Crippen molar-refractivity contribution < 1.29 is 4.79 Å². The Labute approximate surface area is 97.0 Å². The molecular weight excluding hydrogens is 208 g/mol. The van der Waals surface area contributed by atoms with E-state index < -0.39 is 0 Å². The molecule has 88 valence electrons. The van der Waals surface area contributed by atoms with Crippen LogP contribution in [0.15, 0.2) is 0 Å². The molecule has 0 bridgehead atoms. The maximum Gasteiger partial charge on any atom is 0.236 e. The molecule has 0 saturated carbocycles. The molecule has 0 aromatic rings. The molecule has 1 aliphatic heterocycles. The van der Waals surface area contributed by atoms with Gasteiger partial charge in [-0.15, -0.1) is 0 Å². The summed E-state index contributed by atoms with van der Waals surface area (Å²) >= 11 is 2.01. The first-order valence-electron chi connectivity index (χ1n) is 5.68. The van der Waals surface area contributed by atoms with E-state index in [0.717, 1.165) is 0 Å². The van der Waals surface area contributed by atoms with Crippen molar-refractivity contribution in [3.05, 3.63) is 0 Å². The van der Waals surface area contributed by atoms with Gasteiger partial charge in [0.05, 0.1) is 6.54 Å². The summed E-state index contributed by atoms with van der Waals surface area (Å²) in [6.07, 6.45) is 2.40. The van der Waals surface area contributed by atoms with Gasteiger partial charge in [-0.1, -0.05) is 0 Å². The third-order valence-corrected chi connectivity index (χ3v) is 3.98. The summed E-state index contributed by atoms with van der Waals surface area (Å²) in [4.78, 5) is 13.5. The maximum absolute atomic E-state index is 11.7. The normalized spacial score (nSPS) is 18.1. The van der Waals surface area contributed by atoms with Crippen LogP contribution in [-0.4, -0.2) is 48.0 Å². The van der Waals surface area contributed by atoms with Crippen molar-refractivity contribution >= 4 is 17.7 Å². The average Bonchev–Trinajstić information content (AvgIpc) is 2.26. The molecule has 0 radical (unpaired) electrons. The third kappa shape index (κ3) is 4.43. The van der Waals surface area contributed by atoms with E-state index in [2.05, 4.69) is 5.32 Å². The largest absolute Gasteiger partial charge is 0.342 e. The molecule has 1 N–H and O–H groups in total. The minimum Gasteiger partial charge on any atom is -0.342 e. The predicted molar refractivity (Wildman–Crippen MR) is 66.3 cm³/mol. The zero-order valence-electron chi connectivity index (χ0n) is 9.95. The number of amides is 1. The molecule has 0 spiro atoms. The number of likely N-dealkylation sites (N-methyl/N-ethyl adjacent to an activating group) is 1. The molecule has 15 heavy (non-hydrogen) atoms. The number of carbonyl (C=O) groups is 1. The fourth-order valence-electron chi connectivity index (χ4n) is 1.55. The highest BCUT2D eigenvalue weighted by Crippen LogP contribution is 2.16. The Morgan fingerprint density at radius 2 is 2.07 bits per heavy atom. The highest BCUT2D eigenvalue weighted by atomic mass is 32.2. The van der Waals surface area contributed by atoms with Gasteiger partial charge in [-0.3, -0.25) is 4.79 Å². The number of nitrogens with one attached hydrogen (secondary N) is 1. The van der Waals surface area contributed by atoms with Crippen molar-refractivity contribution in [2.45, 2.75) is 38.8 Å². The van der Waals surface area contributed by atoms with E-state index in [-0.39, 0.29) is 5.91 Å². The fraction of sp³-hybridized carbons (Fsp3) is 0.909. The van der Waals surface area contributed by atoms with Crippen LogP contribution in [0.2, 0.25) is 0 Å². The van der Waals surface area contributed by atoms with E-state index >= 15 is 0 Å². The Hall–Kier alpha value is -0.220. The summed E-state index contributed by atoms with van der Waals surface area (Å²) < 4.78 is 0. The van der Waals surface area contributed by atoms with Crippen LogP contribution in [0, 0.1) is 0 Å². The highest BCUT2D eigenvalue weighted by molar-refractivity contribution is 7.99. The number of hydrogen-bond donors (Lipinski definition) is 1. The molecule has 1 saturated heterocycles. The molecule has 1 fully saturated rings. The van der Waals surface area contributed by atoms with Crippen LogP contribution in [0.1, 0.15) is 26.7 Å². The summed E-state index contributed by atoms with van der Waals surface area (Å²) in [7, 11) is 1.87. The van der Waals surface area contributed by atoms with Gasteiger partial charge in [0.1, 0.15) is 0 Å². The van der Waals surface area contributed by atoms with Crippen LogP contribution in [0.3, 0.4) is 0 Å². The van der Waals surface area contributed by atoms with E-state index in [1.807, 2.05) is 32.7 Å². The lowest BCUT2D eigenvalue weighted by atomic mass is 10.1. The van der Waals surface area contributed by atoms with Crippen molar-refractivity contribution in [3.8, 4) is 0 Å². The summed E-state index contributed by atoms with van der Waals surface area (Å²) in [5.41, 5.74) is 0. The van der Waals surface area contributed by atoms with Gasteiger partial charge in [-0.25, -0.2) is 0 Å². The number of nitrogens with zero attached hydrogens (tertiary/aromatic N) is 1. The van der Waals surface area contributed by atoms with Gasteiger partial charge < -0.3 is 10.2 Å². The molecule has 0 aliphatic carbocycles. The summed E-state index contributed by atoms with van der Waals surface area (Å²) in [6, 6.07) is 0.844. The number of hydrogen-bond acceptors (Lipinski definition) is 3. The zero-order chi connectivity index (χ0) is 11.3. The minimum atomic E-state index is 0.197. The molecule has 3 nitrogen and oxygen atoms in total. The molecule has 1 amide bonds. The summed E-state index contributed by atoms with van der Waals surface area (Å²) in [6.45, 7) is 4.56. The van der Waals surface area contributed by atoms with Crippen molar-refractivity contribution in [1.29, 1.82) is 0 Å². The Bertz CT molecular complexity index is 203. The monoisotopic (exact) mass is 230 g/mol. The second kappa shape index (κ2) is 6.38. The van der Waals surface area contributed by atoms with E-state index in [1.54, 1.807) is 4.90 Å². The summed E-state index contributed by atoms with van der Waals surface area (Å²) in [5.74, 6) is 2.65. The molecule has 0 unspecified atom stereocenters. The number of thioether (sulfide) groups is 1. The first-order valence-corrected chi connectivity index (χ1v) is 6.83. The van der Waals surface area contributed by atoms with Gasteiger partial charge in [-0.05, 0) is 38.2 Å². The lowest BCUT2D eigenvalue weighted by molar-refractivity contribution is -0.130. The van der Waals surface area contributed by atoms with Gasteiger partial charge in [0.2, 0.25) is 5.91 Å². The second-order valence-electron chi connectivity index (χ2n) is 4.37. The first-order chi connectivity index (χ1) is 7.11. The Kier molecular flexibility index (Phi) is 5.47. The van der Waals surface area contributed by atoms with Crippen molar-refractivity contribution in [2.24, 2.45) is 0 Å². The van der Waals surface area contributed by atoms with Gasteiger partial charge in [0.15, 0.2) is 0 Å². The third-order valence-electron chi connectivity index (χ3n) is 2.93. The molecule has 1 rings (SSSR count). The van der Waals surface area contributed by atoms with Gasteiger partial charge in [0.25, 0.3) is 0 Å². The lowest BCUT2D eigenvalue weighted by Crippen LogP contribution is -2.43. The van der Waals surface area contributed by atoms with Crippen LogP contribution < -0.4 is 5.32 Å². The van der Waals surface area contributed by atoms with E-state index in [0.29, 0.717) is 18.6 Å². The second-order valence-corrected chi connectivity index (χ2v) is 5.59. The first kappa shape index (κ1) is 12.8. The van der Waals surface area contributed by atoms with E-state index in [4.69, 9.17) is 0 Å². The van der Waals surface area contributed by atoms with Crippen LogP contribution in [0.25, 0.3) is 0 Å². The molecular formula is C11H22N2OS. The molecule has 0 aromatic carbocycles. The van der Waals surface area contributed by atoms with Crippen molar-refractivity contribution in [1.82, 2.24) is 10.2 Å². The molecule has 4 heteroatoms. The minimum absolute atomic E-state index is 0.197. The standard InChI is InChI=1S/C11H22N2OS/c1-9(2)13(3)11(14)8-12-10-4-6-15-7-5-10/h9-10,12H,4-8H2,1-3H3. The highest BCUT2D eigenvalue weighted by Gasteiger charge is 2.16. The van der Waals surface area contributed by atoms with Gasteiger partial charge in [-0.2, -0.15) is 11.8 Å². The predicted octanol–water partition coefficient (Wildman–Crippen LogP) is 1.34. The van der Waals surface area contributed by atoms with Crippen LogP contribution in [-0.2, 0) is 4.79 Å². The van der Waals surface area contributed by atoms with Crippen LogP contribution in [0.4, 0.5) is 0 Å². The molecule has 1 aliphatic rings. The quantitative estimate of drug-likeness (QED) is 0.791. The molecule has 0 aromatic heterocycles. The smallest absolute Gasteiger partial charge is 0.236 e. The zero-order valence-corrected chi connectivity index (χ0v) is 10.8. The fourth-order valence-corrected chi connectivity index (χ4v) is 2.65. The topological polar surface area (TPSA) is 32.3 Å². The Morgan fingerprint density at radius 3 is 2.60 bits per heavy atom. The van der Waals surface area contributed by atoms with E-state index in [1.165, 1.54) is 24.3 Å². The number of rotatable bonds is 4. The van der Waals surface area contributed by atoms with Gasteiger partial charge in [0, 0.05) is 19.1 Å². The van der Waals surface area contributed by atoms with Crippen molar-refractivity contribution in [3.63, 3.8) is 0 Å². The van der Waals surface area contributed by atoms with Crippen molar-refractivity contribution in [2.75, 3.05) is 25.1 Å². The van der Waals surface area contributed by atoms with Crippen LogP contribution >= 0.6 is 11.8 Å². The number of carbonyl (C=O) groups excluding carboxylic acids is 1. The average molecular weight is 230 g/mol. The summed E-state index contributed by atoms with van der Waals surface area (Å²) in [5, 5.41) is 3.35. The SMILES string of the molecule is CC(C)N(C)C(=O)CNC1CCSCC1.